The fourth-order valence-corrected chi connectivity index (χ4v) is 3.18. The fourth-order valence-electron chi connectivity index (χ4n) is 2.44. The molecule has 10 heteroatoms. The second-order valence-electron chi connectivity index (χ2n) is 6.30. The molecule has 0 aliphatic rings. The number of carbonyl (C=O) groups is 1. The largest absolute Gasteiger partial charge is 0.416 e. The minimum absolute atomic E-state index is 0.0589. The van der Waals surface area contributed by atoms with Gasteiger partial charge in [0.1, 0.15) is 0 Å². The van der Waals surface area contributed by atoms with Crippen molar-refractivity contribution in [1.29, 1.82) is 0 Å². The Hall–Kier alpha value is -2.52. The van der Waals surface area contributed by atoms with E-state index in [4.69, 9.17) is 11.6 Å². The normalized spacial score (nSPS) is 13.3. The molecule has 0 heterocycles. The van der Waals surface area contributed by atoms with Crippen LogP contribution in [0.3, 0.4) is 0 Å². The number of hydrogen-bond acceptors (Lipinski definition) is 3. The van der Waals surface area contributed by atoms with E-state index < -0.39 is 33.7 Å². The molecule has 0 aliphatic carbocycles. The molecule has 2 rings (SSSR count). The molecule has 2 aromatic rings. The van der Waals surface area contributed by atoms with E-state index in [1.807, 2.05) is 0 Å². The second kappa shape index (κ2) is 8.87. The van der Waals surface area contributed by atoms with Gasteiger partial charge in [0.25, 0.3) is 0 Å². The summed E-state index contributed by atoms with van der Waals surface area (Å²) in [4.78, 5) is 12.1. The lowest BCUT2D eigenvalue weighted by Crippen LogP contribution is -2.24. The van der Waals surface area contributed by atoms with Gasteiger partial charge in [-0.1, -0.05) is 23.7 Å². The zero-order valence-corrected chi connectivity index (χ0v) is 17.0. The number of nitrogens with one attached hydrogen (secondary N) is 2. The number of alkyl halides is 3. The lowest BCUT2D eigenvalue weighted by molar-refractivity contribution is -0.137. The van der Waals surface area contributed by atoms with E-state index >= 15 is 0 Å². The number of sulfonamides is 1. The molecular formula is C19H18ClF3N2O3S. The van der Waals surface area contributed by atoms with Gasteiger partial charge in [0.05, 0.1) is 17.9 Å². The third-order valence-electron chi connectivity index (χ3n) is 3.79. The predicted molar refractivity (Wildman–Crippen MR) is 107 cm³/mol. The first-order valence-corrected chi connectivity index (χ1v) is 10.5. The van der Waals surface area contributed by atoms with Gasteiger partial charge in [0.2, 0.25) is 15.9 Å². The third kappa shape index (κ3) is 7.10. The van der Waals surface area contributed by atoms with Crippen LogP contribution in [0.5, 0.6) is 0 Å². The molecule has 2 N–H and O–H groups in total. The van der Waals surface area contributed by atoms with Crippen LogP contribution in [0.25, 0.3) is 6.08 Å². The molecule has 0 fully saturated rings. The van der Waals surface area contributed by atoms with E-state index in [9.17, 15) is 26.4 Å². The maximum Gasteiger partial charge on any atom is 0.416 e. The Kier molecular flexibility index (Phi) is 6.97. The fraction of sp³-hybridized carbons (Fsp3) is 0.211. The van der Waals surface area contributed by atoms with Crippen molar-refractivity contribution in [3.05, 3.63) is 70.3 Å². The van der Waals surface area contributed by atoms with Crippen LogP contribution in [0.4, 0.5) is 18.9 Å². The van der Waals surface area contributed by atoms with Gasteiger partial charge in [-0.15, -0.1) is 0 Å². The number of benzene rings is 2. The van der Waals surface area contributed by atoms with Crippen LogP contribution in [-0.2, 0) is 21.0 Å². The average Bonchev–Trinajstić information content (AvgIpc) is 2.58. The zero-order valence-electron chi connectivity index (χ0n) is 15.4. The van der Waals surface area contributed by atoms with E-state index in [1.54, 1.807) is 31.2 Å². The minimum atomic E-state index is -4.52. The molecule has 0 spiro atoms. The number of rotatable bonds is 6. The molecule has 2 aromatic carbocycles. The zero-order chi connectivity index (χ0) is 21.8. The van der Waals surface area contributed by atoms with E-state index in [0.717, 1.165) is 30.5 Å². The molecule has 1 amide bonds. The average molecular weight is 447 g/mol. The summed E-state index contributed by atoms with van der Waals surface area (Å²) in [5.74, 6) is -0.549. The highest BCUT2D eigenvalue weighted by Crippen LogP contribution is 2.32. The van der Waals surface area contributed by atoms with Gasteiger partial charge in [-0.3, -0.25) is 9.52 Å². The molecule has 0 saturated carbocycles. The van der Waals surface area contributed by atoms with Gasteiger partial charge < -0.3 is 5.32 Å². The number of amides is 1. The standard InChI is InChI=1S/C19H18ClF3N2O3S/c1-12(13-4-3-5-16(11-13)25-29(2,27)28)24-18(26)9-6-14-10-15(19(21,22)23)7-8-17(14)20/h3-12,25H,1-2H3,(H,24,26)/b9-6+. The number of anilines is 1. The highest BCUT2D eigenvalue weighted by atomic mass is 35.5. The monoisotopic (exact) mass is 446 g/mol. The topological polar surface area (TPSA) is 75.3 Å². The predicted octanol–water partition coefficient (Wildman–Crippen LogP) is 4.62. The van der Waals surface area contributed by atoms with Crippen LogP contribution in [0.15, 0.2) is 48.5 Å². The van der Waals surface area contributed by atoms with Crippen molar-refractivity contribution in [1.82, 2.24) is 5.32 Å². The summed E-state index contributed by atoms with van der Waals surface area (Å²) < 4.78 is 63.4. The first-order chi connectivity index (χ1) is 13.3. The summed E-state index contributed by atoms with van der Waals surface area (Å²) in [7, 11) is -3.44. The van der Waals surface area contributed by atoms with Crippen molar-refractivity contribution >= 4 is 39.3 Å². The lowest BCUT2D eigenvalue weighted by atomic mass is 10.1. The Bertz CT molecular complexity index is 1040. The molecule has 0 saturated heterocycles. The van der Waals surface area contributed by atoms with Crippen LogP contribution in [0.2, 0.25) is 5.02 Å². The second-order valence-corrected chi connectivity index (χ2v) is 8.45. The third-order valence-corrected chi connectivity index (χ3v) is 4.74. The summed E-state index contributed by atoms with van der Waals surface area (Å²) in [5, 5.41) is 2.73. The van der Waals surface area contributed by atoms with Crippen molar-refractivity contribution in [2.75, 3.05) is 11.0 Å². The minimum Gasteiger partial charge on any atom is -0.346 e. The molecule has 29 heavy (non-hydrogen) atoms. The van der Waals surface area contributed by atoms with Gasteiger partial charge in [-0.25, -0.2) is 8.42 Å². The Labute approximate surface area is 171 Å². The van der Waals surface area contributed by atoms with Crippen molar-refractivity contribution in [3.8, 4) is 0 Å². The number of halogens is 4. The summed E-state index contributed by atoms with van der Waals surface area (Å²) in [6, 6.07) is 8.81. The summed E-state index contributed by atoms with van der Waals surface area (Å²) in [6.07, 6.45) is -1.22. The molecule has 0 aromatic heterocycles. The van der Waals surface area contributed by atoms with Gasteiger partial charge in [-0.05, 0) is 54.5 Å². The van der Waals surface area contributed by atoms with Gasteiger partial charge in [0.15, 0.2) is 0 Å². The van der Waals surface area contributed by atoms with Crippen LogP contribution < -0.4 is 10.0 Å². The van der Waals surface area contributed by atoms with Crippen molar-refractivity contribution < 1.29 is 26.4 Å². The first kappa shape index (κ1) is 22.8. The van der Waals surface area contributed by atoms with Crippen LogP contribution in [0, 0.1) is 0 Å². The highest BCUT2D eigenvalue weighted by Gasteiger charge is 2.30. The Morgan fingerprint density at radius 1 is 1.17 bits per heavy atom. The van der Waals surface area contributed by atoms with E-state index in [-0.39, 0.29) is 10.6 Å². The quantitative estimate of drug-likeness (QED) is 0.636. The van der Waals surface area contributed by atoms with Crippen LogP contribution >= 0.6 is 11.6 Å². The molecule has 1 unspecified atom stereocenters. The van der Waals surface area contributed by atoms with E-state index in [0.29, 0.717) is 11.3 Å². The molecule has 0 bridgehead atoms. The van der Waals surface area contributed by atoms with Crippen molar-refractivity contribution in [2.45, 2.75) is 19.1 Å². The molecule has 0 aliphatic heterocycles. The van der Waals surface area contributed by atoms with E-state index in [1.165, 1.54) is 6.08 Å². The van der Waals surface area contributed by atoms with Gasteiger partial charge >= 0.3 is 6.18 Å². The Balaban J connectivity index is 2.10. The Morgan fingerprint density at radius 2 is 1.86 bits per heavy atom. The van der Waals surface area contributed by atoms with Crippen molar-refractivity contribution in [2.24, 2.45) is 0 Å². The summed E-state index contributed by atoms with van der Waals surface area (Å²) in [5.41, 5.74) is 0.170. The number of carbonyl (C=O) groups excluding carboxylic acids is 1. The molecular weight excluding hydrogens is 429 g/mol. The summed E-state index contributed by atoms with van der Waals surface area (Å²) >= 11 is 5.90. The molecule has 5 nitrogen and oxygen atoms in total. The molecule has 1 atom stereocenters. The first-order valence-electron chi connectivity index (χ1n) is 8.28. The molecule has 156 valence electrons. The molecule has 0 radical (unpaired) electrons. The number of hydrogen-bond donors (Lipinski definition) is 2. The summed E-state index contributed by atoms with van der Waals surface area (Å²) in [6.45, 7) is 1.68. The van der Waals surface area contributed by atoms with E-state index in [2.05, 4.69) is 10.0 Å². The lowest BCUT2D eigenvalue weighted by Gasteiger charge is -2.14. The van der Waals surface area contributed by atoms with Crippen molar-refractivity contribution in [3.63, 3.8) is 0 Å². The maximum atomic E-state index is 12.8. The van der Waals surface area contributed by atoms with Gasteiger partial charge in [0, 0.05) is 16.8 Å². The Morgan fingerprint density at radius 3 is 2.48 bits per heavy atom. The maximum absolute atomic E-state index is 12.8. The highest BCUT2D eigenvalue weighted by molar-refractivity contribution is 7.92. The SMILES string of the molecule is CC(NC(=O)/C=C/c1cc(C(F)(F)F)ccc1Cl)c1cccc(NS(C)(=O)=O)c1. The van der Waals surface area contributed by atoms with Crippen LogP contribution in [0.1, 0.15) is 29.7 Å². The smallest absolute Gasteiger partial charge is 0.346 e. The van der Waals surface area contributed by atoms with Gasteiger partial charge in [-0.2, -0.15) is 13.2 Å². The van der Waals surface area contributed by atoms with Crippen LogP contribution in [-0.4, -0.2) is 20.6 Å².